The van der Waals surface area contributed by atoms with E-state index in [2.05, 4.69) is 31.3 Å². The van der Waals surface area contributed by atoms with Crippen molar-refractivity contribution in [1.29, 1.82) is 0 Å². The van der Waals surface area contributed by atoms with Crippen LogP contribution in [0.1, 0.15) is 117 Å². The molecule has 0 saturated carbocycles. The van der Waals surface area contributed by atoms with E-state index in [1.165, 1.54) is 89.3 Å². The summed E-state index contributed by atoms with van der Waals surface area (Å²) >= 11 is 0. The topological polar surface area (TPSA) is 41.5 Å². The molecule has 0 bridgehead atoms. The molecule has 180 valence electrons. The third-order valence-corrected chi connectivity index (χ3v) is 6.80. The summed E-state index contributed by atoms with van der Waals surface area (Å²) in [5.74, 6) is 1.42. The molecule has 0 aromatic rings. The van der Waals surface area contributed by atoms with Crippen LogP contribution in [0, 0.1) is 0 Å². The van der Waals surface area contributed by atoms with E-state index in [0.29, 0.717) is 0 Å². The van der Waals surface area contributed by atoms with Crippen molar-refractivity contribution in [1.82, 2.24) is 5.32 Å². The van der Waals surface area contributed by atoms with E-state index in [1.807, 2.05) is 0 Å². The Hall–Kier alpha value is -1.16. The lowest BCUT2D eigenvalue weighted by atomic mass is 10.1. The number of quaternary nitrogens is 1. The van der Waals surface area contributed by atoms with Crippen LogP contribution in [0.5, 0.6) is 0 Å². The lowest BCUT2D eigenvalue weighted by Crippen LogP contribution is -2.54. The third kappa shape index (κ3) is 13.1. The second-order valence-corrected chi connectivity index (χ2v) is 9.38. The lowest BCUT2D eigenvalue weighted by Gasteiger charge is -2.33. The van der Waals surface area contributed by atoms with Crippen LogP contribution in [0.15, 0.2) is 17.1 Å². The van der Waals surface area contributed by atoms with E-state index in [1.54, 1.807) is 6.92 Å². The number of carbonyl (C=O) groups excluding carboxylic acids is 1. The third-order valence-electron chi connectivity index (χ3n) is 6.80. The fourth-order valence-electron chi connectivity index (χ4n) is 4.69. The van der Waals surface area contributed by atoms with Gasteiger partial charge in [-0.2, -0.15) is 0 Å². The molecule has 31 heavy (non-hydrogen) atoms. The van der Waals surface area contributed by atoms with Gasteiger partial charge in [0.2, 0.25) is 5.91 Å². The van der Waals surface area contributed by atoms with Gasteiger partial charge in [-0.3, -0.25) is 9.28 Å². The van der Waals surface area contributed by atoms with Gasteiger partial charge in [0, 0.05) is 13.3 Å². The summed E-state index contributed by atoms with van der Waals surface area (Å²) in [5, 5.41) is 2.96. The first kappa shape index (κ1) is 27.9. The van der Waals surface area contributed by atoms with Crippen molar-refractivity contribution in [2.75, 3.05) is 32.7 Å². The zero-order chi connectivity index (χ0) is 22.6. The first-order valence-corrected chi connectivity index (χ1v) is 13.4. The number of hydrogen-bond acceptors (Lipinski definition) is 2. The van der Waals surface area contributed by atoms with Gasteiger partial charge < -0.3 is 5.32 Å². The molecule has 0 saturated heterocycles. The van der Waals surface area contributed by atoms with Gasteiger partial charge in [-0.25, -0.2) is 4.99 Å². The molecule has 0 radical (unpaired) electrons. The van der Waals surface area contributed by atoms with Crippen LogP contribution in [-0.2, 0) is 4.79 Å². The van der Waals surface area contributed by atoms with Gasteiger partial charge >= 0.3 is 0 Å². The highest BCUT2D eigenvalue weighted by atomic mass is 16.1. The minimum atomic E-state index is 0.0647. The molecule has 1 unspecified atom stereocenters. The summed E-state index contributed by atoms with van der Waals surface area (Å²) in [6, 6.07) is 0. The zero-order valence-corrected chi connectivity index (χ0v) is 21.1. The Morgan fingerprint density at radius 3 is 2.06 bits per heavy atom. The number of unbranched alkanes of at least 4 members (excludes halogenated alkanes) is 12. The predicted molar refractivity (Wildman–Crippen MR) is 136 cm³/mol. The van der Waals surface area contributed by atoms with Crippen LogP contribution < -0.4 is 5.32 Å². The number of likely N-dealkylation sites (N-methyl/N-ethyl adjacent to an activating group) is 1. The standard InChI is InChI=1S/C27H51N3O/c1-4-6-7-8-9-10-11-12-13-14-15-16-17-18-19-20-21-27-29-23-25-30(27,5-2)24-22-28-26(3)31/h17-18H,4-16,19-25H2,1-3H3/p+1/b18-17+. The molecule has 4 heteroatoms. The highest BCUT2D eigenvalue weighted by Gasteiger charge is 2.35. The van der Waals surface area contributed by atoms with Crippen LogP contribution in [0.4, 0.5) is 0 Å². The minimum Gasteiger partial charge on any atom is -0.351 e. The van der Waals surface area contributed by atoms with Crippen molar-refractivity contribution < 1.29 is 9.28 Å². The fourth-order valence-corrected chi connectivity index (χ4v) is 4.69. The maximum Gasteiger partial charge on any atom is 0.217 e. The molecule has 1 aliphatic rings. The van der Waals surface area contributed by atoms with E-state index >= 15 is 0 Å². The number of amidine groups is 1. The summed E-state index contributed by atoms with van der Waals surface area (Å²) in [5.41, 5.74) is 0. The maximum atomic E-state index is 11.2. The Kier molecular flexibility index (Phi) is 16.6. The summed E-state index contributed by atoms with van der Waals surface area (Å²) in [6.45, 7) is 11.0. The molecule has 1 heterocycles. The lowest BCUT2D eigenvalue weighted by molar-refractivity contribution is -0.833. The number of nitrogens with zero attached hydrogens (tertiary/aromatic N) is 2. The number of hydrogen-bond donors (Lipinski definition) is 1. The van der Waals surface area contributed by atoms with Gasteiger partial charge in [0.05, 0.1) is 19.6 Å². The van der Waals surface area contributed by atoms with Gasteiger partial charge in [-0.1, -0.05) is 83.3 Å². The number of aliphatic imine (C=N–C) groups is 1. The number of nitrogens with one attached hydrogen (secondary N) is 1. The molecule has 1 amide bonds. The Bertz CT molecular complexity index is 515. The first-order valence-electron chi connectivity index (χ1n) is 13.4. The molecule has 0 fully saturated rings. The van der Waals surface area contributed by atoms with Crippen molar-refractivity contribution in [3.63, 3.8) is 0 Å². The number of amides is 1. The molecule has 0 aromatic heterocycles. The second-order valence-electron chi connectivity index (χ2n) is 9.38. The van der Waals surface area contributed by atoms with Crippen molar-refractivity contribution >= 4 is 11.7 Å². The zero-order valence-electron chi connectivity index (χ0n) is 21.1. The number of allylic oxidation sites excluding steroid dienone is 2. The monoisotopic (exact) mass is 434 g/mol. The molecule has 0 spiro atoms. The normalized spacial score (nSPS) is 18.6. The minimum absolute atomic E-state index is 0.0647. The smallest absolute Gasteiger partial charge is 0.217 e. The van der Waals surface area contributed by atoms with Crippen molar-refractivity contribution in [2.45, 2.75) is 117 Å². The van der Waals surface area contributed by atoms with Crippen LogP contribution in [-0.4, -0.2) is 48.9 Å². The number of carbonyl (C=O) groups is 1. The average Bonchev–Trinajstić information content (AvgIpc) is 3.16. The van der Waals surface area contributed by atoms with Crippen LogP contribution in [0.25, 0.3) is 0 Å². The molecule has 1 rings (SSSR count). The highest BCUT2D eigenvalue weighted by molar-refractivity contribution is 5.77. The van der Waals surface area contributed by atoms with Crippen LogP contribution >= 0.6 is 0 Å². The summed E-state index contributed by atoms with van der Waals surface area (Å²) < 4.78 is 0.975. The van der Waals surface area contributed by atoms with E-state index in [0.717, 1.165) is 50.0 Å². The quantitative estimate of drug-likeness (QED) is 0.128. The fraction of sp³-hybridized carbons (Fsp3) is 0.852. The second kappa shape index (κ2) is 18.4. The van der Waals surface area contributed by atoms with Gasteiger partial charge in [0.1, 0.15) is 13.1 Å². The molecule has 1 N–H and O–H groups in total. The van der Waals surface area contributed by atoms with Gasteiger partial charge in [-0.15, -0.1) is 0 Å². The van der Waals surface area contributed by atoms with Gasteiger partial charge in [-0.05, 0) is 32.6 Å². The first-order chi connectivity index (χ1) is 15.1. The molecular formula is C27H52N3O+. The number of rotatable bonds is 20. The van der Waals surface area contributed by atoms with Crippen molar-refractivity contribution in [2.24, 2.45) is 4.99 Å². The Balaban J connectivity index is 2.01. The van der Waals surface area contributed by atoms with E-state index < -0.39 is 0 Å². The Morgan fingerprint density at radius 2 is 1.48 bits per heavy atom. The Labute approximate surface area is 193 Å². The molecule has 0 aliphatic carbocycles. The van der Waals surface area contributed by atoms with Crippen molar-refractivity contribution in [3.8, 4) is 0 Å². The summed E-state index contributed by atoms with van der Waals surface area (Å²) in [7, 11) is 0. The highest BCUT2D eigenvalue weighted by Crippen LogP contribution is 2.19. The molecule has 0 aromatic carbocycles. The summed E-state index contributed by atoms with van der Waals surface area (Å²) in [6.07, 6.45) is 25.0. The van der Waals surface area contributed by atoms with Gasteiger partial charge in [0.15, 0.2) is 5.84 Å². The molecule has 4 nitrogen and oxygen atoms in total. The van der Waals surface area contributed by atoms with E-state index in [9.17, 15) is 4.79 Å². The molecule has 1 atom stereocenters. The molecular weight excluding hydrogens is 382 g/mol. The van der Waals surface area contributed by atoms with E-state index in [-0.39, 0.29) is 5.91 Å². The SMILES string of the molecule is CCCCCCCCCCCCC/C=C/CCCC1=NCC[N+]1(CC)CCNC(C)=O. The van der Waals surface area contributed by atoms with Crippen LogP contribution in [0.3, 0.4) is 0 Å². The Morgan fingerprint density at radius 1 is 0.903 bits per heavy atom. The predicted octanol–water partition coefficient (Wildman–Crippen LogP) is 6.80. The van der Waals surface area contributed by atoms with Crippen molar-refractivity contribution in [3.05, 3.63) is 12.2 Å². The summed E-state index contributed by atoms with van der Waals surface area (Å²) in [4.78, 5) is 16.0. The largest absolute Gasteiger partial charge is 0.351 e. The molecule has 1 aliphatic heterocycles. The maximum absolute atomic E-state index is 11.2. The average molecular weight is 435 g/mol. The van der Waals surface area contributed by atoms with Crippen LogP contribution in [0.2, 0.25) is 0 Å². The van der Waals surface area contributed by atoms with Gasteiger partial charge in [0.25, 0.3) is 0 Å². The van der Waals surface area contributed by atoms with E-state index in [4.69, 9.17) is 4.99 Å².